The summed E-state index contributed by atoms with van der Waals surface area (Å²) in [4.78, 5) is 4.04. The van der Waals surface area contributed by atoms with E-state index in [9.17, 15) is 5.11 Å². The summed E-state index contributed by atoms with van der Waals surface area (Å²) in [6.07, 6.45) is 2.58. The maximum Gasteiger partial charge on any atom is 0.150 e. The third-order valence-corrected chi connectivity index (χ3v) is 2.35. The topological polar surface area (TPSA) is 95.0 Å². The number of nitrogens with two attached hydrogens (primary N) is 1. The minimum Gasteiger partial charge on any atom is -0.395 e. The molecule has 5 nitrogen and oxygen atoms in total. The zero-order chi connectivity index (χ0) is 12.0. The van der Waals surface area contributed by atoms with E-state index in [4.69, 9.17) is 11.0 Å². The van der Waals surface area contributed by atoms with Gasteiger partial charge in [-0.05, 0) is 18.9 Å². The Morgan fingerprint density at radius 2 is 2.44 bits per heavy atom. The van der Waals surface area contributed by atoms with Gasteiger partial charge in [0.05, 0.1) is 17.4 Å². The summed E-state index contributed by atoms with van der Waals surface area (Å²) < 4.78 is 0. The quantitative estimate of drug-likeness (QED) is 0.690. The Labute approximate surface area is 94.9 Å². The Morgan fingerprint density at radius 3 is 3.06 bits per heavy atom. The Kier molecular flexibility index (Phi) is 4.55. The predicted molar refractivity (Wildman–Crippen MR) is 62.8 cm³/mol. The fourth-order valence-electron chi connectivity index (χ4n) is 1.27. The van der Waals surface area contributed by atoms with Gasteiger partial charge in [0.25, 0.3) is 0 Å². The molecular weight excluding hydrogens is 204 g/mol. The molecule has 0 aromatic carbocycles. The van der Waals surface area contributed by atoms with Crippen LogP contribution >= 0.6 is 0 Å². The maximum atomic E-state index is 9.36. The Morgan fingerprint density at radius 1 is 1.69 bits per heavy atom. The molecule has 1 rings (SSSR count). The third-order valence-electron chi connectivity index (χ3n) is 2.35. The van der Waals surface area contributed by atoms with Crippen LogP contribution in [-0.4, -0.2) is 22.7 Å². The van der Waals surface area contributed by atoms with Crippen molar-refractivity contribution in [3.63, 3.8) is 0 Å². The largest absolute Gasteiger partial charge is 0.395 e. The summed E-state index contributed by atoms with van der Waals surface area (Å²) in [6.45, 7) is 2.51. The fraction of sp³-hybridized carbons (Fsp3) is 0.455. The van der Waals surface area contributed by atoms with Crippen LogP contribution in [0.5, 0.6) is 0 Å². The molecule has 0 bridgehead atoms. The highest BCUT2D eigenvalue weighted by Gasteiger charge is 2.06. The number of nitrogens with one attached hydrogen (secondary N) is 1. The molecule has 0 radical (unpaired) electrons. The predicted octanol–water partition coefficient (Wildman–Crippen LogP) is 1.11. The van der Waals surface area contributed by atoms with Gasteiger partial charge in [0.15, 0.2) is 5.82 Å². The number of hydrogen-bond donors (Lipinski definition) is 3. The summed E-state index contributed by atoms with van der Waals surface area (Å²) in [6, 6.07) is 3.56. The third kappa shape index (κ3) is 3.11. The Hall–Kier alpha value is -1.80. The average Bonchev–Trinajstić information content (AvgIpc) is 2.31. The van der Waals surface area contributed by atoms with Crippen molar-refractivity contribution in [1.82, 2.24) is 4.98 Å². The van der Waals surface area contributed by atoms with Crippen LogP contribution in [-0.2, 0) is 0 Å². The second kappa shape index (κ2) is 5.93. The molecule has 0 aliphatic heterocycles. The smallest absolute Gasteiger partial charge is 0.150 e. The van der Waals surface area contributed by atoms with Crippen LogP contribution in [0.15, 0.2) is 12.3 Å². The van der Waals surface area contributed by atoms with E-state index >= 15 is 0 Å². The normalized spacial score (nSPS) is 11.8. The lowest BCUT2D eigenvalue weighted by Gasteiger charge is -2.11. The molecule has 1 unspecified atom stereocenters. The van der Waals surface area contributed by atoms with Crippen LogP contribution in [0.2, 0.25) is 0 Å². The number of hydrogen-bond acceptors (Lipinski definition) is 5. The number of pyridine rings is 1. The lowest BCUT2D eigenvalue weighted by atomic mass is 10.2. The SMILES string of the molecule is CCC(O)CCNc1nccc(C#N)c1N. The number of aromatic nitrogens is 1. The minimum atomic E-state index is -0.312. The van der Waals surface area contributed by atoms with E-state index in [1.165, 1.54) is 6.20 Å². The lowest BCUT2D eigenvalue weighted by molar-refractivity contribution is 0.164. The van der Waals surface area contributed by atoms with E-state index in [2.05, 4.69) is 10.3 Å². The number of rotatable bonds is 5. The van der Waals surface area contributed by atoms with Crippen molar-refractivity contribution in [2.45, 2.75) is 25.9 Å². The molecule has 1 heterocycles. The molecule has 1 atom stereocenters. The molecule has 4 N–H and O–H groups in total. The van der Waals surface area contributed by atoms with Gasteiger partial charge in [-0.1, -0.05) is 6.92 Å². The molecule has 5 heteroatoms. The first-order valence-electron chi connectivity index (χ1n) is 5.25. The van der Waals surface area contributed by atoms with Gasteiger partial charge in [-0.25, -0.2) is 4.98 Å². The second-order valence-electron chi connectivity index (χ2n) is 3.51. The van der Waals surface area contributed by atoms with Crippen molar-refractivity contribution in [2.24, 2.45) is 0 Å². The highest BCUT2D eigenvalue weighted by molar-refractivity contribution is 5.68. The van der Waals surface area contributed by atoms with Gasteiger partial charge in [0, 0.05) is 12.7 Å². The van der Waals surface area contributed by atoms with E-state index in [1.807, 2.05) is 13.0 Å². The molecule has 86 valence electrons. The number of nitrogens with zero attached hydrogens (tertiary/aromatic N) is 2. The molecular formula is C11H16N4O. The number of aliphatic hydroxyl groups excluding tert-OH is 1. The molecule has 0 spiro atoms. The molecule has 16 heavy (non-hydrogen) atoms. The van der Waals surface area contributed by atoms with Crippen molar-refractivity contribution in [3.05, 3.63) is 17.8 Å². The van der Waals surface area contributed by atoms with Gasteiger partial charge in [-0.2, -0.15) is 5.26 Å². The zero-order valence-electron chi connectivity index (χ0n) is 9.27. The van der Waals surface area contributed by atoms with E-state index in [0.29, 0.717) is 30.0 Å². The van der Waals surface area contributed by atoms with Crippen molar-refractivity contribution < 1.29 is 5.11 Å². The molecule has 0 saturated carbocycles. The van der Waals surface area contributed by atoms with E-state index in [-0.39, 0.29) is 6.10 Å². The molecule has 1 aromatic rings. The number of nitriles is 1. The van der Waals surface area contributed by atoms with Crippen LogP contribution in [0.25, 0.3) is 0 Å². The van der Waals surface area contributed by atoms with Crippen LogP contribution < -0.4 is 11.1 Å². The summed E-state index contributed by atoms with van der Waals surface area (Å²) in [5.74, 6) is 0.502. The van der Waals surface area contributed by atoms with E-state index in [0.717, 1.165) is 6.42 Å². The van der Waals surface area contributed by atoms with Crippen molar-refractivity contribution in [3.8, 4) is 6.07 Å². The summed E-state index contributed by atoms with van der Waals surface area (Å²) in [5.41, 5.74) is 6.50. The number of anilines is 2. The van der Waals surface area contributed by atoms with E-state index < -0.39 is 0 Å². The fourth-order valence-corrected chi connectivity index (χ4v) is 1.27. The van der Waals surface area contributed by atoms with Gasteiger partial charge in [0.1, 0.15) is 6.07 Å². The van der Waals surface area contributed by atoms with Crippen molar-refractivity contribution in [1.29, 1.82) is 5.26 Å². The molecule has 0 amide bonds. The minimum absolute atomic E-state index is 0.312. The van der Waals surface area contributed by atoms with Crippen molar-refractivity contribution in [2.75, 3.05) is 17.6 Å². The van der Waals surface area contributed by atoms with Gasteiger partial charge < -0.3 is 16.2 Å². The first-order chi connectivity index (χ1) is 7.69. The monoisotopic (exact) mass is 220 g/mol. The lowest BCUT2D eigenvalue weighted by Crippen LogP contribution is -2.14. The maximum absolute atomic E-state index is 9.36. The highest BCUT2D eigenvalue weighted by Crippen LogP contribution is 2.18. The highest BCUT2D eigenvalue weighted by atomic mass is 16.3. The van der Waals surface area contributed by atoms with Gasteiger partial charge in [-0.3, -0.25) is 0 Å². The van der Waals surface area contributed by atoms with Crippen LogP contribution in [0.4, 0.5) is 11.5 Å². The van der Waals surface area contributed by atoms with Gasteiger partial charge >= 0.3 is 0 Å². The van der Waals surface area contributed by atoms with Crippen molar-refractivity contribution >= 4 is 11.5 Å². The van der Waals surface area contributed by atoms with Crippen LogP contribution in [0, 0.1) is 11.3 Å². The Bertz CT molecular complexity index is 386. The van der Waals surface area contributed by atoms with E-state index in [1.54, 1.807) is 6.07 Å². The molecule has 0 aliphatic carbocycles. The Balaban J connectivity index is 2.58. The standard InChI is InChI=1S/C11H16N4O/c1-2-9(16)4-6-15-11-10(13)8(7-12)3-5-14-11/h3,5,9,16H,2,4,6,13H2,1H3,(H,14,15). The summed E-state index contributed by atoms with van der Waals surface area (Å²) in [7, 11) is 0. The van der Waals surface area contributed by atoms with Gasteiger partial charge in [0.2, 0.25) is 0 Å². The first kappa shape index (κ1) is 12.3. The molecule has 0 saturated heterocycles. The number of aliphatic hydroxyl groups is 1. The molecule has 0 fully saturated rings. The molecule has 0 aliphatic rings. The first-order valence-corrected chi connectivity index (χ1v) is 5.25. The summed E-state index contributed by atoms with van der Waals surface area (Å²) in [5, 5.41) is 21.1. The van der Waals surface area contributed by atoms with Gasteiger partial charge in [-0.15, -0.1) is 0 Å². The number of nitrogen functional groups attached to an aromatic ring is 1. The zero-order valence-corrected chi connectivity index (χ0v) is 9.27. The average molecular weight is 220 g/mol. The van der Waals surface area contributed by atoms with Crippen LogP contribution in [0.1, 0.15) is 25.3 Å². The second-order valence-corrected chi connectivity index (χ2v) is 3.51. The van der Waals surface area contributed by atoms with Crippen LogP contribution in [0.3, 0.4) is 0 Å². The molecule has 1 aromatic heterocycles. The summed E-state index contributed by atoms with van der Waals surface area (Å²) >= 11 is 0.